The van der Waals surface area contributed by atoms with Gasteiger partial charge in [-0.25, -0.2) is 13.8 Å². The molecule has 0 atom stereocenters. The highest BCUT2D eigenvalue weighted by Crippen LogP contribution is 2.35. The second-order valence-electron chi connectivity index (χ2n) is 9.52. The SMILES string of the molecule is COc1cc2nccc(Oc3ccc(NC(=O)c4cn5c(c(-c6ccc(F)cc6)c4=O)COCC5)cc3F)c2nc1OC. The van der Waals surface area contributed by atoms with Crippen molar-refractivity contribution in [3.05, 3.63) is 100 Å². The predicted octanol–water partition coefficient (Wildman–Crippen LogP) is 5.33. The van der Waals surface area contributed by atoms with E-state index in [1.807, 2.05) is 0 Å². The van der Waals surface area contributed by atoms with Crippen LogP contribution in [0.4, 0.5) is 14.5 Å². The molecule has 0 saturated carbocycles. The molecule has 4 heterocycles. The molecular formula is C31H24F2N4O6. The van der Waals surface area contributed by atoms with Crippen LogP contribution >= 0.6 is 0 Å². The zero-order chi connectivity index (χ0) is 30.1. The normalized spacial score (nSPS) is 12.5. The molecule has 0 radical (unpaired) electrons. The minimum atomic E-state index is -0.769. The number of hydrogen-bond donors (Lipinski definition) is 1. The number of halogens is 2. The summed E-state index contributed by atoms with van der Waals surface area (Å²) in [7, 11) is 2.92. The number of hydrogen-bond acceptors (Lipinski definition) is 8. The number of carbonyl (C=O) groups excluding carboxylic acids is 1. The van der Waals surface area contributed by atoms with Crippen molar-refractivity contribution in [2.75, 3.05) is 26.1 Å². The van der Waals surface area contributed by atoms with E-state index in [1.54, 1.807) is 10.6 Å². The van der Waals surface area contributed by atoms with Crippen LogP contribution in [0.5, 0.6) is 23.1 Å². The third-order valence-electron chi connectivity index (χ3n) is 6.92. The second-order valence-corrected chi connectivity index (χ2v) is 9.52. The van der Waals surface area contributed by atoms with Gasteiger partial charge in [0.15, 0.2) is 23.1 Å². The molecule has 1 aliphatic heterocycles. The molecule has 0 aliphatic carbocycles. The van der Waals surface area contributed by atoms with Crippen molar-refractivity contribution in [1.29, 1.82) is 0 Å². The lowest BCUT2D eigenvalue weighted by atomic mass is 10.00. The number of pyridine rings is 3. The quantitative estimate of drug-likeness (QED) is 0.272. The van der Waals surface area contributed by atoms with E-state index in [0.717, 1.165) is 6.07 Å². The summed E-state index contributed by atoms with van der Waals surface area (Å²) in [5.74, 6) is -1.27. The Bertz CT molecular complexity index is 1930. The van der Waals surface area contributed by atoms with E-state index in [1.165, 1.54) is 69.1 Å². The van der Waals surface area contributed by atoms with Crippen LogP contribution in [0.3, 0.4) is 0 Å². The number of nitrogens with zero attached hydrogens (tertiary/aromatic N) is 3. The van der Waals surface area contributed by atoms with Crippen LogP contribution in [0.2, 0.25) is 0 Å². The molecule has 3 aromatic heterocycles. The molecule has 1 amide bonds. The molecule has 1 N–H and O–H groups in total. The highest BCUT2D eigenvalue weighted by atomic mass is 19.1. The van der Waals surface area contributed by atoms with Crippen LogP contribution in [0.15, 0.2) is 71.8 Å². The largest absolute Gasteiger partial charge is 0.491 e. The van der Waals surface area contributed by atoms with Gasteiger partial charge < -0.3 is 28.8 Å². The van der Waals surface area contributed by atoms with Crippen LogP contribution in [0, 0.1) is 11.6 Å². The fourth-order valence-electron chi connectivity index (χ4n) is 4.83. The summed E-state index contributed by atoms with van der Waals surface area (Å²) in [6.07, 6.45) is 2.95. The minimum Gasteiger partial charge on any atom is -0.491 e. The first-order chi connectivity index (χ1) is 20.9. The summed E-state index contributed by atoms with van der Waals surface area (Å²) in [5, 5.41) is 2.59. The molecule has 5 aromatic rings. The number of carbonyl (C=O) groups is 1. The molecule has 10 nitrogen and oxygen atoms in total. The Hall–Kier alpha value is -5.36. The van der Waals surface area contributed by atoms with Gasteiger partial charge in [-0.15, -0.1) is 0 Å². The Morgan fingerprint density at radius 2 is 1.81 bits per heavy atom. The van der Waals surface area contributed by atoms with Gasteiger partial charge in [0, 0.05) is 42.8 Å². The predicted molar refractivity (Wildman–Crippen MR) is 153 cm³/mol. The number of nitrogens with one attached hydrogen (secondary N) is 1. The molecular weight excluding hydrogens is 562 g/mol. The summed E-state index contributed by atoms with van der Waals surface area (Å²) in [6, 6.07) is 12.5. The zero-order valence-corrected chi connectivity index (χ0v) is 23.0. The minimum absolute atomic E-state index is 0.104. The maximum absolute atomic E-state index is 15.2. The van der Waals surface area contributed by atoms with E-state index >= 15 is 4.39 Å². The van der Waals surface area contributed by atoms with Crippen LogP contribution in [-0.4, -0.2) is 41.3 Å². The number of benzene rings is 2. The van der Waals surface area contributed by atoms with Crippen molar-refractivity contribution in [2.24, 2.45) is 0 Å². The Kier molecular flexibility index (Phi) is 7.43. The molecule has 2 aromatic carbocycles. The summed E-state index contributed by atoms with van der Waals surface area (Å²) < 4.78 is 52.4. The average molecular weight is 587 g/mol. The van der Waals surface area contributed by atoms with Gasteiger partial charge in [0.05, 0.1) is 44.2 Å². The maximum Gasteiger partial charge on any atom is 0.261 e. The first kappa shape index (κ1) is 27.8. The highest BCUT2D eigenvalue weighted by molar-refractivity contribution is 6.04. The first-order valence-corrected chi connectivity index (χ1v) is 13.1. The van der Waals surface area contributed by atoms with Crippen molar-refractivity contribution in [3.8, 4) is 34.3 Å². The number of anilines is 1. The van der Waals surface area contributed by atoms with Gasteiger partial charge in [-0.2, -0.15) is 0 Å². The average Bonchev–Trinajstić information content (AvgIpc) is 3.02. The van der Waals surface area contributed by atoms with E-state index < -0.39 is 23.0 Å². The van der Waals surface area contributed by atoms with Gasteiger partial charge in [-0.05, 0) is 29.8 Å². The summed E-state index contributed by atoms with van der Waals surface area (Å²) in [4.78, 5) is 35.5. The number of rotatable bonds is 7. The second kappa shape index (κ2) is 11.5. The Balaban J connectivity index is 1.29. The summed E-state index contributed by atoms with van der Waals surface area (Å²) in [5.41, 5.74) is 1.46. The third-order valence-corrected chi connectivity index (χ3v) is 6.92. The van der Waals surface area contributed by atoms with Crippen molar-refractivity contribution in [1.82, 2.24) is 14.5 Å². The molecule has 0 saturated heterocycles. The Morgan fingerprint density at radius 1 is 1.00 bits per heavy atom. The van der Waals surface area contributed by atoms with Crippen molar-refractivity contribution in [3.63, 3.8) is 0 Å². The molecule has 218 valence electrons. The molecule has 0 unspecified atom stereocenters. The van der Waals surface area contributed by atoms with E-state index in [0.29, 0.717) is 41.2 Å². The van der Waals surface area contributed by atoms with Gasteiger partial charge >= 0.3 is 0 Å². The molecule has 0 bridgehead atoms. The molecule has 1 aliphatic rings. The number of amides is 1. The number of aromatic nitrogens is 3. The smallest absolute Gasteiger partial charge is 0.261 e. The molecule has 0 spiro atoms. The van der Waals surface area contributed by atoms with Crippen molar-refractivity contribution >= 4 is 22.6 Å². The van der Waals surface area contributed by atoms with E-state index in [9.17, 15) is 14.0 Å². The number of methoxy groups -OCH3 is 2. The van der Waals surface area contributed by atoms with E-state index in [-0.39, 0.29) is 40.8 Å². The standard InChI is InChI=1S/C31H24F2N4O6/c1-40-26-14-22-28(36-31(26)41-2)25(9-10-34-22)43-24-8-7-19(13-21(24)33)35-30(39)20-15-37-11-12-42-16-23(37)27(29(20)38)17-3-5-18(32)6-4-17/h3-10,13-15H,11-12,16H2,1-2H3,(H,35,39). The van der Waals surface area contributed by atoms with Crippen LogP contribution < -0.4 is 25.0 Å². The number of ether oxygens (including phenoxy) is 4. The van der Waals surface area contributed by atoms with E-state index in [4.69, 9.17) is 18.9 Å². The third kappa shape index (κ3) is 5.35. The monoisotopic (exact) mass is 586 g/mol. The topological polar surface area (TPSA) is 114 Å². The van der Waals surface area contributed by atoms with Gasteiger partial charge in [0.25, 0.3) is 11.8 Å². The molecule has 6 rings (SSSR count). The fourth-order valence-corrected chi connectivity index (χ4v) is 4.83. The first-order valence-electron chi connectivity index (χ1n) is 13.1. The molecule has 0 fully saturated rings. The zero-order valence-electron chi connectivity index (χ0n) is 23.0. The lowest BCUT2D eigenvalue weighted by molar-refractivity contribution is 0.0837. The van der Waals surface area contributed by atoms with Gasteiger partial charge in [0.2, 0.25) is 5.43 Å². The van der Waals surface area contributed by atoms with Crippen molar-refractivity contribution in [2.45, 2.75) is 13.2 Å². The lowest BCUT2D eigenvalue weighted by Gasteiger charge is -2.23. The van der Waals surface area contributed by atoms with Crippen LogP contribution in [-0.2, 0) is 17.9 Å². The van der Waals surface area contributed by atoms with Gasteiger partial charge in [-0.3, -0.25) is 14.6 Å². The van der Waals surface area contributed by atoms with Crippen molar-refractivity contribution < 1.29 is 32.5 Å². The fraction of sp³-hybridized carbons (Fsp3) is 0.161. The molecule has 43 heavy (non-hydrogen) atoms. The Labute approximate surface area is 243 Å². The summed E-state index contributed by atoms with van der Waals surface area (Å²) >= 11 is 0. The highest BCUT2D eigenvalue weighted by Gasteiger charge is 2.24. The lowest BCUT2D eigenvalue weighted by Crippen LogP contribution is -2.30. The van der Waals surface area contributed by atoms with Crippen LogP contribution in [0.25, 0.3) is 22.2 Å². The Morgan fingerprint density at radius 3 is 2.56 bits per heavy atom. The van der Waals surface area contributed by atoms with Gasteiger partial charge in [0.1, 0.15) is 16.9 Å². The van der Waals surface area contributed by atoms with Crippen LogP contribution in [0.1, 0.15) is 16.1 Å². The maximum atomic E-state index is 15.2. The van der Waals surface area contributed by atoms with E-state index in [2.05, 4.69) is 15.3 Å². The number of fused-ring (bicyclic) bond motifs is 2. The molecule has 12 heteroatoms. The van der Waals surface area contributed by atoms with Gasteiger partial charge in [-0.1, -0.05) is 12.1 Å². The summed E-state index contributed by atoms with van der Waals surface area (Å²) in [6.45, 7) is 0.982.